The van der Waals surface area contributed by atoms with Crippen molar-refractivity contribution >= 4 is 29.2 Å². The Balaban J connectivity index is 2.35. The van der Waals surface area contributed by atoms with Gasteiger partial charge in [0.25, 0.3) is 0 Å². The zero-order chi connectivity index (χ0) is 12.4. The van der Waals surface area contributed by atoms with Crippen LogP contribution in [0.1, 0.15) is 0 Å². The Morgan fingerprint density at radius 2 is 2.29 bits per heavy atom. The predicted molar refractivity (Wildman–Crippen MR) is 60.8 cm³/mol. The van der Waals surface area contributed by atoms with Gasteiger partial charge in [-0.1, -0.05) is 11.6 Å². The fourth-order valence-electron chi connectivity index (χ4n) is 1.31. The second kappa shape index (κ2) is 4.47. The highest BCUT2D eigenvalue weighted by molar-refractivity contribution is 6.31. The standard InChI is InChI=1S/C11H8ClNO4/c1-16-10(14)5-8-11(15)17-9-3-2-6(12)4-7(9)13-8/h2-5,13H,1H3/b8-5-. The van der Waals surface area contributed by atoms with Crippen molar-refractivity contribution < 1.29 is 19.1 Å². The molecule has 0 atom stereocenters. The number of esters is 2. The van der Waals surface area contributed by atoms with Gasteiger partial charge in [-0.3, -0.25) is 0 Å². The molecule has 0 aliphatic carbocycles. The Kier molecular flexibility index (Phi) is 3.01. The summed E-state index contributed by atoms with van der Waals surface area (Å²) in [6.07, 6.45) is 1.02. The monoisotopic (exact) mass is 253 g/mol. The van der Waals surface area contributed by atoms with E-state index in [4.69, 9.17) is 16.3 Å². The molecule has 1 aliphatic heterocycles. The van der Waals surface area contributed by atoms with Crippen molar-refractivity contribution in [2.24, 2.45) is 0 Å². The van der Waals surface area contributed by atoms with E-state index in [-0.39, 0.29) is 5.70 Å². The van der Waals surface area contributed by atoms with Crippen molar-refractivity contribution in [1.29, 1.82) is 0 Å². The van der Waals surface area contributed by atoms with E-state index in [1.165, 1.54) is 7.11 Å². The molecule has 5 nitrogen and oxygen atoms in total. The van der Waals surface area contributed by atoms with Gasteiger partial charge in [0.05, 0.1) is 18.9 Å². The summed E-state index contributed by atoms with van der Waals surface area (Å²) in [5, 5.41) is 3.25. The predicted octanol–water partition coefficient (Wildman–Crippen LogP) is 1.73. The van der Waals surface area contributed by atoms with Gasteiger partial charge in [0.2, 0.25) is 0 Å². The smallest absolute Gasteiger partial charge is 0.360 e. The molecule has 17 heavy (non-hydrogen) atoms. The maximum atomic E-state index is 11.5. The summed E-state index contributed by atoms with van der Waals surface area (Å²) in [7, 11) is 1.22. The lowest BCUT2D eigenvalue weighted by atomic mass is 10.2. The molecule has 0 radical (unpaired) electrons. The van der Waals surface area contributed by atoms with Crippen LogP contribution in [0.4, 0.5) is 5.69 Å². The molecule has 0 saturated heterocycles. The van der Waals surface area contributed by atoms with Crippen LogP contribution in [0.3, 0.4) is 0 Å². The summed E-state index contributed by atoms with van der Waals surface area (Å²) in [4.78, 5) is 22.5. The number of hydrogen-bond acceptors (Lipinski definition) is 5. The average molecular weight is 254 g/mol. The summed E-state index contributed by atoms with van der Waals surface area (Å²) in [6, 6.07) is 4.76. The van der Waals surface area contributed by atoms with Gasteiger partial charge in [0, 0.05) is 5.02 Å². The number of halogens is 1. The van der Waals surface area contributed by atoms with Crippen molar-refractivity contribution in [2.75, 3.05) is 12.4 Å². The van der Waals surface area contributed by atoms with E-state index in [9.17, 15) is 9.59 Å². The molecule has 1 aromatic rings. The van der Waals surface area contributed by atoms with Gasteiger partial charge in [-0.05, 0) is 18.2 Å². The lowest BCUT2D eigenvalue weighted by Crippen LogP contribution is -2.24. The van der Waals surface area contributed by atoms with Gasteiger partial charge in [-0.15, -0.1) is 0 Å². The van der Waals surface area contributed by atoms with Crippen LogP contribution >= 0.6 is 11.6 Å². The molecule has 0 spiro atoms. The molecule has 0 bridgehead atoms. The Morgan fingerprint density at radius 1 is 1.53 bits per heavy atom. The molecule has 0 unspecified atom stereocenters. The number of rotatable bonds is 1. The Morgan fingerprint density at radius 3 is 3.00 bits per heavy atom. The van der Waals surface area contributed by atoms with E-state index in [0.717, 1.165) is 6.08 Å². The van der Waals surface area contributed by atoms with Gasteiger partial charge in [-0.2, -0.15) is 0 Å². The minimum atomic E-state index is -0.648. The highest BCUT2D eigenvalue weighted by Crippen LogP contribution is 2.32. The van der Waals surface area contributed by atoms with E-state index in [1.54, 1.807) is 18.2 Å². The number of fused-ring (bicyclic) bond motifs is 1. The minimum Gasteiger partial charge on any atom is -0.466 e. The van der Waals surface area contributed by atoms with Crippen LogP contribution in [0.15, 0.2) is 30.0 Å². The molecule has 0 saturated carbocycles. The largest absolute Gasteiger partial charge is 0.466 e. The molecule has 88 valence electrons. The highest BCUT2D eigenvalue weighted by Gasteiger charge is 2.23. The van der Waals surface area contributed by atoms with E-state index in [0.29, 0.717) is 16.5 Å². The van der Waals surface area contributed by atoms with Crippen LogP contribution in [-0.2, 0) is 14.3 Å². The summed E-state index contributed by atoms with van der Waals surface area (Å²) >= 11 is 5.80. The number of carbonyl (C=O) groups is 2. The van der Waals surface area contributed by atoms with Crippen molar-refractivity contribution in [1.82, 2.24) is 0 Å². The first-order valence-electron chi connectivity index (χ1n) is 4.68. The van der Waals surface area contributed by atoms with Crippen molar-refractivity contribution in [3.8, 4) is 5.75 Å². The van der Waals surface area contributed by atoms with Crippen molar-refractivity contribution in [3.05, 3.63) is 35.0 Å². The molecule has 0 amide bonds. The van der Waals surface area contributed by atoms with E-state index >= 15 is 0 Å². The summed E-state index contributed by atoms with van der Waals surface area (Å²) in [5.74, 6) is -0.929. The number of ether oxygens (including phenoxy) is 2. The molecule has 1 N–H and O–H groups in total. The quantitative estimate of drug-likeness (QED) is 0.469. The first-order chi connectivity index (χ1) is 8.10. The lowest BCUT2D eigenvalue weighted by molar-refractivity contribution is -0.136. The van der Waals surface area contributed by atoms with Crippen molar-refractivity contribution in [3.63, 3.8) is 0 Å². The molecular weight excluding hydrogens is 246 g/mol. The lowest BCUT2D eigenvalue weighted by Gasteiger charge is -2.19. The van der Waals surface area contributed by atoms with Gasteiger partial charge >= 0.3 is 11.9 Å². The van der Waals surface area contributed by atoms with E-state index in [1.807, 2.05) is 0 Å². The number of methoxy groups -OCH3 is 1. The van der Waals surface area contributed by atoms with Crippen molar-refractivity contribution in [2.45, 2.75) is 0 Å². The van der Waals surface area contributed by atoms with E-state index < -0.39 is 11.9 Å². The Bertz CT molecular complexity index is 524. The molecular formula is C11H8ClNO4. The molecule has 2 rings (SSSR count). The molecule has 1 heterocycles. The summed E-state index contributed by atoms with van der Waals surface area (Å²) in [6.45, 7) is 0. The Hall–Kier alpha value is -2.01. The highest BCUT2D eigenvalue weighted by atomic mass is 35.5. The van der Waals surface area contributed by atoms with Crippen LogP contribution in [-0.4, -0.2) is 19.0 Å². The summed E-state index contributed by atoms with van der Waals surface area (Å²) in [5.41, 5.74) is 0.527. The number of hydrogen-bond donors (Lipinski definition) is 1. The maximum Gasteiger partial charge on any atom is 0.360 e. The molecule has 0 fully saturated rings. The molecule has 6 heteroatoms. The number of carbonyl (C=O) groups excluding carboxylic acids is 2. The fourth-order valence-corrected chi connectivity index (χ4v) is 1.48. The first kappa shape index (κ1) is 11.5. The maximum absolute atomic E-state index is 11.5. The minimum absolute atomic E-state index is 0.00613. The van der Waals surface area contributed by atoms with Crippen LogP contribution in [0.2, 0.25) is 5.02 Å². The van der Waals surface area contributed by atoms with Gasteiger partial charge in [-0.25, -0.2) is 9.59 Å². The normalized spacial score (nSPS) is 15.9. The second-order valence-corrected chi connectivity index (χ2v) is 3.67. The van der Waals surface area contributed by atoms with Crippen LogP contribution in [0.25, 0.3) is 0 Å². The first-order valence-corrected chi connectivity index (χ1v) is 5.06. The SMILES string of the molecule is COC(=O)/C=C1\Nc2cc(Cl)ccc2OC1=O. The molecule has 1 aliphatic rings. The Labute approximate surface area is 102 Å². The van der Waals surface area contributed by atoms with Crippen LogP contribution < -0.4 is 10.1 Å². The number of nitrogens with one attached hydrogen (secondary N) is 1. The van der Waals surface area contributed by atoms with Gasteiger partial charge in [0.15, 0.2) is 5.75 Å². The number of anilines is 1. The third-order valence-electron chi connectivity index (χ3n) is 2.10. The fraction of sp³-hybridized carbons (Fsp3) is 0.0909. The number of benzene rings is 1. The zero-order valence-corrected chi connectivity index (χ0v) is 9.58. The molecule has 0 aromatic heterocycles. The van der Waals surface area contributed by atoms with Crippen LogP contribution in [0, 0.1) is 0 Å². The third-order valence-corrected chi connectivity index (χ3v) is 2.33. The third kappa shape index (κ3) is 2.39. The van der Waals surface area contributed by atoms with E-state index in [2.05, 4.69) is 10.1 Å². The summed E-state index contributed by atoms with van der Waals surface area (Å²) < 4.78 is 9.43. The van der Waals surface area contributed by atoms with Crippen LogP contribution in [0.5, 0.6) is 5.75 Å². The average Bonchev–Trinajstić information content (AvgIpc) is 2.30. The van der Waals surface area contributed by atoms with Gasteiger partial charge < -0.3 is 14.8 Å². The topological polar surface area (TPSA) is 64.6 Å². The van der Waals surface area contributed by atoms with Gasteiger partial charge in [0.1, 0.15) is 5.70 Å². The second-order valence-electron chi connectivity index (χ2n) is 3.24. The molecule has 1 aromatic carbocycles. The zero-order valence-electron chi connectivity index (χ0n) is 8.82.